The van der Waals surface area contributed by atoms with Crippen LogP contribution in [-0.2, 0) is 19.3 Å². The molecule has 1 aliphatic heterocycles. The molecule has 1 nitrogen and oxygen atoms in total. The SMILES string of the molecule is C=C(CC)C1Cc2cccc(CC3C(C)CCN3CC3CC3)c2C1. The number of allylic oxidation sites excluding steroid dienone is 1. The van der Waals surface area contributed by atoms with Crippen molar-refractivity contribution < 1.29 is 0 Å². The second-order valence-electron chi connectivity index (χ2n) is 8.65. The van der Waals surface area contributed by atoms with Crippen molar-refractivity contribution in [2.75, 3.05) is 13.1 Å². The Morgan fingerprint density at radius 2 is 2.04 bits per heavy atom. The van der Waals surface area contributed by atoms with Gasteiger partial charge in [0.05, 0.1) is 0 Å². The lowest BCUT2D eigenvalue weighted by Gasteiger charge is -2.28. The van der Waals surface area contributed by atoms with E-state index in [1.165, 1.54) is 57.2 Å². The second-order valence-corrected chi connectivity index (χ2v) is 8.65. The van der Waals surface area contributed by atoms with Gasteiger partial charge in [-0.3, -0.25) is 4.90 Å². The third kappa shape index (κ3) is 3.20. The van der Waals surface area contributed by atoms with Gasteiger partial charge in [-0.05, 0) is 85.9 Å². The molecule has 1 heteroatoms. The number of hydrogen-bond donors (Lipinski definition) is 0. The molecule has 4 rings (SSSR count). The van der Waals surface area contributed by atoms with Gasteiger partial charge in [0, 0.05) is 12.6 Å². The standard InChI is InChI=1S/C23H33N/c1-4-16(2)21-12-19-6-5-7-20(22(19)13-21)14-23-17(3)10-11-24(23)15-18-8-9-18/h5-7,17-18,21,23H,2,4,8-15H2,1,3H3. The Kier molecular flexibility index (Phi) is 4.56. The zero-order chi connectivity index (χ0) is 16.7. The van der Waals surface area contributed by atoms with Gasteiger partial charge in [-0.25, -0.2) is 0 Å². The quantitative estimate of drug-likeness (QED) is 0.664. The molecule has 1 aromatic rings. The molecule has 3 atom stereocenters. The van der Waals surface area contributed by atoms with Crippen LogP contribution in [0.5, 0.6) is 0 Å². The van der Waals surface area contributed by atoms with Crippen LogP contribution in [0.15, 0.2) is 30.4 Å². The van der Waals surface area contributed by atoms with E-state index in [9.17, 15) is 0 Å². The summed E-state index contributed by atoms with van der Waals surface area (Å²) < 4.78 is 0. The molecule has 0 N–H and O–H groups in total. The van der Waals surface area contributed by atoms with Crippen molar-refractivity contribution >= 4 is 0 Å². The van der Waals surface area contributed by atoms with Crippen molar-refractivity contribution in [1.29, 1.82) is 0 Å². The molecule has 0 bridgehead atoms. The van der Waals surface area contributed by atoms with Crippen LogP contribution in [0.2, 0.25) is 0 Å². The first kappa shape index (κ1) is 16.4. The summed E-state index contributed by atoms with van der Waals surface area (Å²) in [6, 6.07) is 7.85. The second kappa shape index (κ2) is 6.67. The Bertz CT molecular complexity index is 612. The largest absolute Gasteiger partial charge is 0.300 e. The van der Waals surface area contributed by atoms with Crippen LogP contribution < -0.4 is 0 Å². The maximum Gasteiger partial charge on any atom is 0.0162 e. The molecule has 2 aliphatic carbocycles. The van der Waals surface area contributed by atoms with Crippen molar-refractivity contribution in [2.45, 2.75) is 64.8 Å². The summed E-state index contributed by atoms with van der Waals surface area (Å²) in [5, 5.41) is 0. The summed E-state index contributed by atoms with van der Waals surface area (Å²) in [7, 11) is 0. The summed E-state index contributed by atoms with van der Waals surface area (Å²) in [5.41, 5.74) is 6.36. The monoisotopic (exact) mass is 323 g/mol. The Hall–Kier alpha value is -1.08. The van der Waals surface area contributed by atoms with Crippen molar-refractivity contribution in [3.05, 3.63) is 47.0 Å². The minimum atomic E-state index is 0.690. The van der Waals surface area contributed by atoms with E-state index in [0.717, 1.165) is 24.3 Å². The first-order valence-electron chi connectivity index (χ1n) is 10.2. The molecule has 0 aromatic heterocycles. The van der Waals surface area contributed by atoms with Crippen LogP contribution in [0.25, 0.3) is 0 Å². The van der Waals surface area contributed by atoms with Gasteiger partial charge in [0.15, 0.2) is 0 Å². The highest BCUT2D eigenvalue weighted by Gasteiger charge is 2.36. The Balaban J connectivity index is 1.51. The van der Waals surface area contributed by atoms with E-state index in [4.69, 9.17) is 0 Å². The van der Waals surface area contributed by atoms with Crippen molar-refractivity contribution in [3.63, 3.8) is 0 Å². The minimum absolute atomic E-state index is 0.690. The van der Waals surface area contributed by atoms with Gasteiger partial charge in [-0.2, -0.15) is 0 Å². The van der Waals surface area contributed by atoms with Crippen LogP contribution in [-0.4, -0.2) is 24.0 Å². The molecule has 0 radical (unpaired) electrons. The molecule has 0 amide bonds. The van der Waals surface area contributed by atoms with E-state index in [2.05, 4.69) is 43.5 Å². The van der Waals surface area contributed by atoms with Gasteiger partial charge in [0.1, 0.15) is 0 Å². The fourth-order valence-electron chi connectivity index (χ4n) is 5.00. The average Bonchev–Trinajstić information content (AvgIpc) is 3.19. The highest BCUT2D eigenvalue weighted by molar-refractivity contribution is 5.41. The number of benzene rings is 1. The van der Waals surface area contributed by atoms with Crippen LogP contribution in [0.4, 0.5) is 0 Å². The Labute approximate surface area is 148 Å². The number of nitrogens with zero attached hydrogens (tertiary/aromatic N) is 1. The molecule has 1 saturated heterocycles. The van der Waals surface area contributed by atoms with E-state index in [1.807, 2.05) is 0 Å². The molecule has 2 fully saturated rings. The smallest absolute Gasteiger partial charge is 0.0162 e. The van der Waals surface area contributed by atoms with Gasteiger partial charge in [-0.1, -0.05) is 44.2 Å². The van der Waals surface area contributed by atoms with Crippen LogP contribution in [0, 0.1) is 17.8 Å². The molecule has 130 valence electrons. The van der Waals surface area contributed by atoms with E-state index >= 15 is 0 Å². The van der Waals surface area contributed by atoms with Gasteiger partial charge < -0.3 is 0 Å². The molecule has 24 heavy (non-hydrogen) atoms. The molecule has 1 aromatic carbocycles. The lowest BCUT2D eigenvalue weighted by molar-refractivity contribution is 0.220. The summed E-state index contributed by atoms with van der Waals surface area (Å²) in [4.78, 5) is 2.82. The van der Waals surface area contributed by atoms with E-state index < -0.39 is 0 Å². The van der Waals surface area contributed by atoms with Gasteiger partial charge in [-0.15, -0.1) is 0 Å². The normalized spacial score (nSPS) is 29.8. The van der Waals surface area contributed by atoms with Crippen LogP contribution in [0.3, 0.4) is 0 Å². The highest BCUT2D eigenvalue weighted by atomic mass is 15.2. The fourth-order valence-corrected chi connectivity index (χ4v) is 5.00. The van der Waals surface area contributed by atoms with E-state index in [0.29, 0.717) is 5.92 Å². The lowest BCUT2D eigenvalue weighted by atomic mass is 9.91. The number of likely N-dealkylation sites (tertiary alicyclic amines) is 1. The summed E-state index contributed by atoms with van der Waals surface area (Å²) >= 11 is 0. The van der Waals surface area contributed by atoms with Crippen molar-refractivity contribution in [2.24, 2.45) is 17.8 Å². The molecule has 3 unspecified atom stereocenters. The molecular weight excluding hydrogens is 290 g/mol. The van der Waals surface area contributed by atoms with Crippen molar-refractivity contribution in [1.82, 2.24) is 4.90 Å². The lowest BCUT2D eigenvalue weighted by Crippen LogP contribution is -2.35. The van der Waals surface area contributed by atoms with Crippen LogP contribution in [0.1, 0.15) is 56.2 Å². The molecular formula is C23H33N. The number of rotatable bonds is 6. The molecule has 1 heterocycles. The van der Waals surface area contributed by atoms with Gasteiger partial charge in [0.2, 0.25) is 0 Å². The summed E-state index contributed by atoms with van der Waals surface area (Å²) in [6.45, 7) is 11.7. The third-order valence-corrected chi connectivity index (χ3v) is 6.93. The maximum absolute atomic E-state index is 4.33. The molecule has 1 saturated carbocycles. The third-order valence-electron chi connectivity index (χ3n) is 6.93. The van der Waals surface area contributed by atoms with Crippen molar-refractivity contribution in [3.8, 4) is 0 Å². The summed E-state index contributed by atoms with van der Waals surface area (Å²) in [6.07, 6.45) is 9.19. The maximum atomic E-state index is 4.33. The first-order chi connectivity index (χ1) is 11.7. The zero-order valence-corrected chi connectivity index (χ0v) is 15.6. The average molecular weight is 324 g/mol. The topological polar surface area (TPSA) is 3.24 Å². The van der Waals surface area contributed by atoms with Crippen LogP contribution >= 0.6 is 0 Å². The zero-order valence-electron chi connectivity index (χ0n) is 15.6. The fraction of sp³-hybridized carbons (Fsp3) is 0.652. The predicted octanol–water partition coefficient (Wildman–Crippen LogP) is 5.03. The predicted molar refractivity (Wildman–Crippen MR) is 102 cm³/mol. The van der Waals surface area contributed by atoms with E-state index in [1.54, 1.807) is 16.7 Å². The summed E-state index contributed by atoms with van der Waals surface area (Å²) in [5.74, 6) is 2.55. The van der Waals surface area contributed by atoms with Gasteiger partial charge in [0.25, 0.3) is 0 Å². The highest BCUT2D eigenvalue weighted by Crippen LogP contribution is 2.38. The molecule has 3 aliphatic rings. The number of hydrogen-bond acceptors (Lipinski definition) is 1. The minimum Gasteiger partial charge on any atom is -0.300 e. The van der Waals surface area contributed by atoms with Gasteiger partial charge >= 0.3 is 0 Å². The Morgan fingerprint density at radius 3 is 2.79 bits per heavy atom. The number of fused-ring (bicyclic) bond motifs is 1. The molecule has 0 spiro atoms. The Morgan fingerprint density at radius 1 is 1.21 bits per heavy atom. The van der Waals surface area contributed by atoms with E-state index in [-0.39, 0.29) is 0 Å². The first-order valence-corrected chi connectivity index (χ1v) is 10.2.